The molecule has 0 saturated carbocycles. The first kappa shape index (κ1) is 21.3. The van der Waals surface area contributed by atoms with Gasteiger partial charge in [0.1, 0.15) is 0 Å². The van der Waals surface area contributed by atoms with Crippen LogP contribution in [0.15, 0.2) is 36.4 Å². The highest BCUT2D eigenvalue weighted by Crippen LogP contribution is 2.31. The minimum absolute atomic E-state index is 0.382. The van der Waals surface area contributed by atoms with Gasteiger partial charge in [-0.15, -0.1) is 5.10 Å². The Morgan fingerprint density at radius 3 is 2.48 bits per heavy atom. The topological polar surface area (TPSA) is 99.1 Å². The van der Waals surface area contributed by atoms with Crippen LogP contribution in [0.1, 0.15) is 11.1 Å². The molecule has 1 aliphatic rings. The predicted octanol–water partition coefficient (Wildman–Crippen LogP) is 3.21. The Morgan fingerprint density at radius 2 is 1.81 bits per heavy atom. The van der Waals surface area contributed by atoms with Crippen molar-refractivity contribution in [1.82, 2.24) is 24.6 Å². The van der Waals surface area contributed by atoms with E-state index in [4.69, 9.17) is 22.7 Å². The Bertz CT molecular complexity index is 1070. The van der Waals surface area contributed by atoms with Crippen LogP contribution in [0.4, 0.5) is 17.3 Å². The van der Waals surface area contributed by atoms with Gasteiger partial charge >= 0.3 is 0 Å². The third-order valence-electron chi connectivity index (χ3n) is 5.58. The molecule has 2 heterocycles. The van der Waals surface area contributed by atoms with Gasteiger partial charge in [-0.2, -0.15) is 4.98 Å². The first-order valence-electron chi connectivity index (χ1n) is 10.2. The highest BCUT2D eigenvalue weighted by Gasteiger charge is 2.15. The number of hydrogen-bond donors (Lipinski definition) is 3. The van der Waals surface area contributed by atoms with Crippen LogP contribution in [0, 0.1) is 5.41 Å². The molecule has 0 aliphatic carbocycles. The van der Waals surface area contributed by atoms with Gasteiger partial charge < -0.3 is 21.4 Å². The molecular formula is C22H27ClN8. The fourth-order valence-corrected chi connectivity index (χ4v) is 3.88. The number of nitrogens with two attached hydrogens (primary N) is 1. The molecule has 0 spiro atoms. The molecule has 0 radical (unpaired) electrons. The van der Waals surface area contributed by atoms with Gasteiger partial charge in [-0.3, -0.25) is 4.90 Å². The molecule has 2 aromatic carbocycles. The van der Waals surface area contributed by atoms with Crippen LogP contribution in [-0.4, -0.2) is 64.0 Å². The lowest BCUT2D eigenvalue weighted by atomic mass is 10.1. The second-order valence-electron chi connectivity index (χ2n) is 7.86. The molecule has 4 rings (SSSR count). The van der Waals surface area contributed by atoms with E-state index in [2.05, 4.69) is 56.5 Å². The summed E-state index contributed by atoms with van der Waals surface area (Å²) in [5.41, 5.74) is 9.68. The fraction of sp³-hybridized carbons (Fsp3) is 0.318. The summed E-state index contributed by atoms with van der Waals surface area (Å²) in [6, 6.07) is 11.9. The Balaban J connectivity index is 1.48. The number of rotatable bonds is 6. The second-order valence-corrected chi connectivity index (χ2v) is 8.24. The van der Waals surface area contributed by atoms with Crippen LogP contribution < -0.4 is 11.1 Å². The van der Waals surface area contributed by atoms with E-state index < -0.39 is 0 Å². The van der Waals surface area contributed by atoms with Crippen LogP contribution >= 0.6 is 11.6 Å². The summed E-state index contributed by atoms with van der Waals surface area (Å²) in [5.74, 6) is 1.19. The molecule has 0 atom stereocenters. The summed E-state index contributed by atoms with van der Waals surface area (Å²) < 4.78 is 1.67. The summed E-state index contributed by atoms with van der Waals surface area (Å²) in [7, 11) is 3.99. The van der Waals surface area contributed by atoms with E-state index in [-0.39, 0.29) is 0 Å². The number of halogens is 1. The predicted molar refractivity (Wildman–Crippen MR) is 126 cm³/mol. The minimum atomic E-state index is 0.382. The highest BCUT2D eigenvalue weighted by atomic mass is 35.5. The molecule has 1 saturated heterocycles. The van der Waals surface area contributed by atoms with Crippen LogP contribution in [0.5, 0.6) is 0 Å². The Labute approximate surface area is 187 Å². The van der Waals surface area contributed by atoms with Crippen molar-refractivity contribution in [3.05, 3.63) is 52.5 Å². The van der Waals surface area contributed by atoms with Crippen LogP contribution in [0.2, 0.25) is 5.02 Å². The zero-order valence-corrected chi connectivity index (χ0v) is 18.5. The molecule has 0 unspecified atom stereocenters. The third kappa shape index (κ3) is 4.71. The summed E-state index contributed by atoms with van der Waals surface area (Å²) in [6.07, 6.45) is 1.15. The number of nitrogens with zero attached hydrogens (tertiary/aromatic N) is 5. The molecule has 1 aliphatic heterocycles. The zero-order chi connectivity index (χ0) is 22.0. The molecule has 31 heavy (non-hydrogen) atoms. The zero-order valence-electron chi connectivity index (χ0n) is 17.8. The smallest absolute Gasteiger partial charge is 0.225 e. The van der Waals surface area contributed by atoms with Crippen molar-refractivity contribution in [2.24, 2.45) is 7.05 Å². The quantitative estimate of drug-likeness (QED) is 0.403. The molecule has 4 N–H and O–H groups in total. The Kier molecular flexibility index (Phi) is 6.22. The van der Waals surface area contributed by atoms with Crippen molar-refractivity contribution < 1.29 is 0 Å². The van der Waals surface area contributed by atoms with E-state index in [1.807, 2.05) is 7.05 Å². The lowest BCUT2D eigenvalue weighted by Gasteiger charge is -2.32. The lowest BCUT2D eigenvalue weighted by Crippen LogP contribution is -2.43. The SMILES string of the molecule is CN1CCN(Cc2ccc(-c3nc(Nc4ccc(N)c(C=N)c4Cl)n(C)n3)cc2)CC1. The number of piperazine rings is 1. The van der Waals surface area contributed by atoms with Gasteiger partial charge in [-0.05, 0) is 24.7 Å². The normalized spacial score (nSPS) is 15.2. The molecule has 0 bridgehead atoms. The van der Waals surface area contributed by atoms with E-state index in [1.54, 1.807) is 16.8 Å². The number of hydrogen-bond acceptors (Lipinski definition) is 7. The van der Waals surface area contributed by atoms with Crippen LogP contribution in [0.3, 0.4) is 0 Å². The first-order chi connectivity index (χ1) is 14.9. The van der Waals surface area contributed by atoms with Gasteiger partial charge in [0.25, 0.3) is 0 Å². The van der Waals surface area contributed by atoms with Crippen LogP contribution in [0.25, 0.3) is 11.4 Å². The molecular weight excluding hydrogens is 412 g/mol. The maximum absolute atomic E-state index is 7.51. The molecule has 8 nitrogen and oxygen atoms in total. The van der Waals surface area contributed by atoms with Gasteiger partial charge in [0.05, 0.1) is 10.7 Å². The van der Waals surface area contributed by atoms with Gasteiger partial charge in [0.2, 0.25) is 5.95 Å². The minimum Gasteiger partial charge on any atom is -0.398 e. The Hall–Kier alpha value is -2.94. The standard InChI is InChI=1S/C22H27ClN8/c1-29-9-11-31(12-10-29)14-15-3-5-16(6-4-15)21-27-22(30(2)28-21)26-19-8-7-18(25)17(13-24)20(19)23/h3-8,13,24H,9-12,14,25H2,1-2H3,(H,26,27,28). The molecule has 3 aromatic rings. The number of anilines is 3. The van der Waals surface area contributed by atoms with E-state index in [1.165, 1.54) is 5.56 Å². The van der Waals surface area contributed by atoms with Crippen molar-refractivity contribution in [2.45, 2.75) is 6.54 Å². The van der Waals surface area contributed by atoms with Gasteiger partial charge in [0.15, 0.2) is 5.82 Å². The van der Waals surface area contributed by atoms with Crippen LogP contribution in [-0.2, 0) is 13.6 Å². The molecule has 1 aromatic heterocycles. The summed E-state index contributed by atoms with van der Waals surface area (Å²) in [5, 5.41) is 15.6. The number of aromatic nitrogens is 3. The van der Waals surface area contributed by atoms with E-state index in [0.29, 0.717) is 33.7 Å². The average Bonchev–Trinajstić information content (AvgIpc) is 3.13. The lowest BCUT2D eigenvalue weighted by molar-refractivity contribution is 0.148. The van der Waals surface area contributed by atoms with Gasteiger partial charge in [0, 0.05) is 62.8 Å². The number of nitrogen functional groups attached to an aromatic ring is 1. The van der Waals surface area contributed by atoms with E-state index >= 15 is 0 Å². The maximum Gasteiger partial charge on any atom is 0.225 e. The molecule has 9 heteroatoms. The number of likely N-dealkylation sites (N-methyl/N-ethyl adjacent to an activating group) is 1. The highest BCUT2D eigenvalue weighted by molar-refractivity contribution is 6.36. The molecule has 162 valence electrons. The van der Waals surface area contributed by atoms with Gasteiger partial charge in [-0.25, -0.2) is 4.68 Å². The summed E-state index contributed by atoms with van der Waals surface area (Å²) in [4.78, 5) is 9.47. The van der Waals surface area contributed by atoms with Crippen molar-refractivity contribution in [2.75, 3.05) is 44.3 Å². The first-order valence-corrected chi connectivity index (χ1v) is 10.6. The summed E-state index contributed by atoms with van der Waals surface area (Å²) in [6.45, 7) is 5.39. The third-order valence-corrected chi connectivity index (χ3v) is 5.99. The van der Waals surface area contributed by atoms with E-state index in [9.17, 15) is 0 Å². The maximum atomic E-state index is 7.51. The monoisotopic (exact) mass is 438 g/mol. The second kappa shape index (κ2) is 9.05. The average molecular weight is 439 g/mol. The van der Waals surface area contributed by atoms with E-state index in [0.717, 1.165) is 44.5 Å². The summed E-state index contributed by atoms with van der Waals surface area (Å²) >= 11 is 6.39. The van der Waals surface area contributed by atoms with Crippen molar-refractivity contribution >= 4 is 35.1 Å². The number of benzene rings is 2. The Morgan fingerprint density at radius 1 is 1.10 bits per heavy atom. The number of nitrogens with one attached hydrogen (secondary N) is 2. The largest absolute Gasteiger partial charge is 0.398 e. The molecule has 0 amide bonds. The number of aryl methyl sites for hydroxylation is 1. The van der Waals surface area contributed by atoms with Crippen molar-refractivity contribution in [3.63, 3.8) is 0 Å². The molecule has 1 fully saturated rings. The fourth-order valence-electron chi connectivity index (χ4n) is 3.61. The van der Waals surface area contributed by atoms with Crippen molar-refractivity contribution in [1.29, 1.82) is 5.41 Å². The van der Waals surface area contributed by atoms with Crippen molar-refractivity contribution in [3.8, 4) is 11.4 Å². The van der Waals surface area contributed by atoms with Gasteiger partial charge in [-0.1, -0.05) is 35.9 Å².